The van der Waals surface area contributed by atoms with Crippen LogP contribution in [-0.2, 0) is 11.3 Å². The molecule has 1 aromatic rings. The van der Waals surface area contributed by atoms with Gasteiger partial charge in [0.05, 0.1) is 19.3 Å². The minimum Gasteiger partial charge on any atom is -0.396 e. The van der Waals surface area contributed by atoms with E-state index in [1.165, 1.54) is 24.1 Å². The SMILES string of the molecule is OCC1CCCCC1CNCC(O)COCc1cccs1. The van der Waals surface area contributed by atoms with Crippen LogP contribution in [0.5, 0.6) is 0 Å². The van der Waals surface area contributed by atoms with E-state index in [1.807, 2.05) is 17.5 Å². The molecule has 1 fully saturated rings. The average Bonchev–Trinajstić information content (AvgIpc) is 3.01. The Balaban J connectivity index is 1.55. The van der Waals surface area contributed by atoms with Crippen LogP contribution in [0.4, 0.5) is 0 Å². The number of aliphatic hydroxyl groups is 2. The lowest BCUT2D eigenvalue weighted by molar-refractivity contribution is 0.0284. The second kappa shape index (κ2) is 9.54. The normalized spacial score (nSPS) is 24.1. The van der Waals surface area contributed by atoms with Gasteiger partial charge in [-0.05, 0) is 42.7 Å². The van der Waals surface area contributed by atoms with Gasteiger partial charge in [0.2, 0.25) is 0 Å². The third kappa shape index (κ3) is 6.04. The lowest BCUT2D eigenvalue weighted by Crippen LogP contribution is -2.37. The van der Waals surface area contributed by atoms with Gasteiger partial charge < -0.3 is 20.3 Å². The summed E-state index contributed by atoms with van der Waals surface area (Å²) in [6.07, 6.45) is 4.34. The van der Waals surface area contributed by atoms with Crippen molar-refractivity contribution < 1.29 is 14.9 Å². The second-order valence-electron chi connectivity index (χ2n) is 5.89. The Morgan fingerprint density at radius 3 is 2.86 bits per heavy atom. The van der Waals surface area contributed by atoms with E-state index in [9.17, 15) is 10.2 Å². The first-order chi connectivity index (χ1) is 10.3. The molecular formula is C16H27NO3S. The zero-order chi connectivity index (χ0) is 14.9. The molecule has 0 saturated heterocycles. The summed E-state index contributed by atoms with van der Waals surface area (Å²) in [6.45, 7) is 2.66. The zero-order valence-electron chi connectivity index (χ0n) is 12.5. The molecular weight excluding hydrogens is 286 g/mol. The van der Waals surface area contributed by atoms with E-state index in [-0.39, 0.29) is 0 Å². The monoisotopic (exact) mass is 313 g/mol. The van der Waals surface area contributed by atoms with E-state index in [2.05, 4.69) is 5.32 Å². The highest BCUT2D eigenvalue weighted by Crippen LogP contribution is 2.28. The summed E-state index contributed by atoms with van der Waals surface area (Å²) in [6, 6.07) is 4.04. The maximum Gasteiger partial charge on any atom is 0.0897 e. The van der Waals surface area contributed by atoms with Gasteiger partial charge in [0.1, 0.15) is 0 Å². The Hall–Kier alpha value is -0.460. The molecule has 1 heterocycles. The Morgan fingerprint density at radius 1 is 1.33 bits per heavy atom. The predicted octanol–water partition coefficient (Wildman–Crippen LogP) is 2.01. The molecule has 0 radical (unpaired) electrons. The minimum atomic E-state index is -0.471. The van der Waals surface area contributed by atoms with Crippen LogP contribution in [0.15, 0.2) is 17.5 Å². The van der Waals surface area contributed by atoms with Crippen LogP contribution in [0.3, 0.4) is 0 Å². The van der Waals surface area contributed by atoms with E-state index in [0.29, 0.717) is 38.2 Å². The van der Waals surface area contributed by atoms with Crippen molar-refractivity contribution in [1.82, 2.24) is 5.32 Å². The van der Waals surface area contributed by atoms with Crippen LogP contribution in [0.2, 0.25) is 0 Å². The van der Waals surface area contributed by atoms with Crippen molar-refractivity contribution in [1.29, 1.82) is 0 Å². The number of rotatable bonds is 9. The highest BCUT2D eigenvalue weighted by molar-refractivity contribution is 7.09. The number of nitrogens with one attached hydrogen (secondary N) is 1. The topological polar surface area (TPSA) is 61.7 Å². The van der Waals surface area contributed by atoms with E-state index < -0.39 is 6.10 Å². The fourth-order valence-electron chi connectivity index (χ4n) is 2.98. The Kier molecular flexibility index (Phi) is 7.68. The third-order valence-electron chi connectivity index (χ3n) is 4.22. The molecule has 0 bridgehead atoms. The van der Waals surface area contributed by atoms with Crippen molar-refractivity contribution in [2.75, 3.05) is 26.3 Å². The first kappa shape index (κ1) is 16.9. The maximum absolute atomic E-state index is 9.90. The molecule has 4 nitrogen and oxygen atoms in total. The summed E-state index contributed by atoms with van der Waals surface area (Å²) < 4.78 is 5.51. The van der Waals surface area contributed by atoms with Gasteiger partial charge in [-0.1, -0.05) is 18.9 Å². The van der Waals surface area contributed by atoms with Crippen molar-refractivity contribution in [3.63, 3.8) is 0 Å². The molecule has 3 atom stereocenters. The highest BCUT2D eigenvalue weighted by atomic mass is 32.1. The van der Waals surface area contributed by atoms with Crippen LogP contribution >= 0.6 is 11.3 Å². The van der Waals surface area contributed by atoms with E-state index in [1.54, 1.807) is 11.3 Å². The quantitative estimate of drug-likeness (QED) is 0.653. The van der Waals surface area contributed by atoms with Crippen molar-refractivity contribution >= 4 is 11.3 Å². The summed E-state index contributed by atoms with van der Waals surface area (Å²) >= 11 is 1.67. The Bertz CT molecular complexity index is 372. The summed E-state index contributed by atoms with van der Waals surface area (Å²) in [5, 5.41) is 24.6. The van der Waals surface area contributed by atoms with Crippen LogP contribution in [0, 0.1) is 11.8 Å². The average molecular weight is 313 g/mol. The summed E-state index contributed by atoms with van der Waals surface area (Å²) in [7, 11) is 0. The van der Waals surface area contributed by atoms with Crippen LogP contribution in [-0.4, -0.2) is 42.6 Å². The number of hydrogen-bond acceptors (Lipinski definition) is 5. The molecule has 3 unspecified atom stereocenters. The standard InChI is InChI=1S/C16H27NO3S/c18-10-14-5-2-1-4-13(14)8-17-9-15(19)11-20-12-16-6-3-7-21-16/h3,6-7,13-15,17-19H,1-2,4-5,8-12H2. The first-order valence-electron chi connectivity index (χ1n) is 7.89. The summed E-state index contributed by atoms with van der Waals surface area (Å²) in [5.41, 5.74) is 0. The molecule has 1 saturated carbocycles. The second-order valence-corrected chi connectivity index (χ2v) is 6.93. The number of thiophene rings is 1. The molecule has 0 aromatic carbocycles. The zero-order valence-corrected chi connectivity index (χ0v) is 13.4. The minimum absolute atomic E-state index is 0.291. The molecule has 1 aliphatic rings. The van der Waals surface area contributed by atoms with Gasteiger partial charge in [-0.2, -0.15) is 0 Å². The number of hydrogen-bond donors (Lipinski definition) is 3. The van der Waals surface area contributed by atoms with Crippen LogP contribution in [0.25, 0.3) is 0 Å². The molecule has 2 rings (SSSR count). The van der Waals surface area contributed by atoms with Crippen molar-refractivity contribution in [2.24, 2.45) is 11.8 Å². The molecule has 1 aliphatic carbocycles. The van der Waals surface area contributed by atoms with Crippen LogP contribution in [0.1, 0.15) is 30.6 Å². The van der Waals surface area contributed by atoms with Crippen molar-refractivity contribution in [3.8, 4) is 0 Å². The van der Waals surface area contributed by atoms with Crippen LogP contribution < -0.4 is 5.32 Å². The highest BCUT2D eigenvalue weighted by Gasteiger charge is 2.24. The van der Waals surface area contributed by atoms with E-state index >= 15 is 0 Å². The molecule has 5 heteroatoms. The Labute approximate surface area is 131 Å². The van der Waals surface area contributed by atoms with Crippen molar-refractivity contribution in [3.05, 3.63) is 22.4 Å². The molecule has 3 N–H and O–H groups in total. The smallest absolute Gasteiger partial charge is 0.0897 e. The molecule has 0 amide bonds. The van der Waals surface area contributed by atoms with E-state index in [0.717, 1.165) is 13.0 Å². The third-order valence-corrected chi connectivity index (χ3v) is 5.07. The maximum atomic E-state index is 9.90. The van der Waals surface area contributed by atoms with Gasteiger partial charge in [-0.3, -0.25) is 0 Å². The molecule has 1 aromatic heterocycles. The molecule has 0 aliphatic heterocycles. The van der Waals surface area contributed by atoms with Gasteiger partial charge in [0.15, 0.2) is 0 Å². The molecule has 120 valence electrons. The fraction of sp³-hybridized carbons (Fsp3) is 0.750. The molecule has 0 spiro atoms. The van der Waals surface area contributed by atoms with Gasteiger partial charge in [0, 0.05) is 18.0 Å². The summed E-state index contributed by atoms with van der Waals surface area (Å²) in [5.74, 6) is 0.974. The van der Waals surface area contributed by atoms with E-state index in [4.69, 9.17) is 4.74 Å². The predicted molar refractivity (Wildman–Crippen MR) is 85.4 cm³/mol. The van der Waals surface area contributed by atoms with Crippen molar-refractivity contribution in [2.45, 2.75) is 38.4 Å². The lowest BCUT2D eigenvalue weighted by atomic mass is 9.79. The summed E-state index contributed by atoms with van der Waals surface area (Å²) in [4.78, 5) is 1.18. The van der Waals surface area contributed by atoms with Gasteiger partial charge in [0.25, 0.3) is 0 Å². The van der Waals surface area contributed by atoms with Gasteiger partial charge in [-0.25, -0.2) is 0 Å². The number of ether oxygens (including phenoxy) is 1. The fourth-order valence-corrected chi connectivity index (χ4v) is 3.62. The molecule has 21 heavy (non-hydrogen) atoms. The Morgan fingerprint density at radius 2 is 2.14 bits per heavy atom. The largest absolute Gasteiger partial charge is 0.396 e. The van der Waals surface area contributed by atoms with Gasteiger partial charge in [-0.15, -0.1) is 11.3 Å². The first-order valence-corrected chi connectivity index (χ1v) is 8.77. The van der Waals surface area contributed by atoms with Gasteiger partial charge >= 0.3 is 0 Å². The lowest BCUT2D eigenvalue weighted by Gasteiger charge is -2.30. The number of aliphatic hydroxyl groups excluding tert-OH is 2.